The number of amides is 2. The number of aliphatic carboxylic acids is 1. The highest BCUT2D eigenvalue weighted by atomic mass is 16.4. The highest BCUT2D eigenvalue weighted by molar-refractivity contribution is 5.83. The van der Waals surface area contributed by atoms with Gasteiger partial charge >= 0.3 is 12.0 Å². The first-order chi connectivity index (χ1) is 9.74. The maximum absolute atomic E-state index is 12.2. The Morgan fingerprint density at radius 1 is 1.29 bits per heavy atom. The van der Waals surface area contributed by atoms with E-state index >= 15 is 0 Å². The lowest BCUT2D eigenvalue weighted by atomic mass is 10.1. The number of likely N-dealkylation sites (N-methyl/N-ethyl adjacent to an activating group) is 1. The molecular weight excluding hydrogens is 272 g/mol. The SMILES string of the molecule is CCN(CC(C)(C)O)C(=O)N[C@H](C(=O)O)c1ccccc1. The van der Waals surface area contributed by atoms with E-state index in [0.29, 0.717) is 12.1 Å². The minimum atomic E-state index is -1.13. The first-order valence-corrected chi connectivity index (χ1v) is 6.80. The van der Waals surface area contributed by atoms with Gasteiger partial charge in [0, 0.05) is 6.54 Å². The van der Waals surface area contributed by atoms with E-state index in [4.69, 9.17) is 0 Å². The number of benzene rings is 1. The van der Waals surface area contributed by atoms with E-state index in [9.17, 15) is 19.8 Å². The molecule has 3 N–H and O–H groups in total. The molecule has 0 unspecified atom stereocenters. The van der Waals surface area contributed by atoms with Crippen molar-refractivity contribution in [3.05, 3.63) is 35.9 Å². The standard InChI is InChI=1S/C15H22N2O4/c1-4-17(10-15(2,3)21)14(20)16-12(13(18)19)11-8-6-5-7-9-11/h5-9,12,21H,4,10H2,1-3H3,(H,16,20)(H,18,19)/t12-/m0/s1. The van der Waals surface area contributed by atoms with Gasteiger partial charge in [0.15, 0.2) is 6.04 Å². The van der Waals surface area contributed by atoms with Crippen LogP contribution in [-0.4, -0.2) is 45.8 Å². The molecule has 2 amide bonds. The van der Waals surface area contributed by atoms with Gasteiger partial charge in [-0.1, -0.05) is 30.3 Å². The third kappa shape index (κ3) is 5.43. The largest absolute Gasteiger partial charge is 0.479 e. The molecule has 1 rings (SSSR count). The average Bonchev–Trinajstić information content (AvgIpc) is 2.41. The molecule has 0 heterocycles. The summed E-state index contributed by atoms with van der Waals surface area (Å²) in [6.07, 6.45) is 0. The maximum Gasteiger partial charge on any atom is 0.330 e. The fraction of sp³-hybridized carbons (Fsp3) is 0.467. The number of nitrogens with one attached hydrogen (secondary N) is 1. The van der Waals surface area contributed by atoms with Gasteiger partial charge in [-0.2, -0.15) is 0 Å². The number of hydrogen-bond donors (Lipinski definition) is 3. The molecule has 6 nitrogen and oxygen atoms in total. The van der Waals surface area contributed by atoms with Crippen LogP contribution in [0.2, 0.25) is 0 Å². The molecule has 1 aromatic rings. The van der Waals surface area contributed by atoms with Crippen molar-refractivity contribution in [2.75, 3.05) is 13.1 Å². The van der Waals surface area contributed by atoms with E-state index in [1.807, 2.05) is 0 Å². The predicted octanol–water partition coefficient (Wildman–Crippen LogP) is 1.61. The predicted molar refractivity (Wildman–Crippen MR) is 78.9 cm³/mol. The molecule has 0 spiro atoms. The smallest absolute Gasteiger partial charge is 0.330 e. The highest BCUT2D eigenvalue weighted by Gasteiger charge is 2.26. The molecule has 1 atom stereocenters. The van der Waals surface area contributed by atoms with Gasteiger partial charge in [0.05, 0.1) is 12.1 Å². The van der Waals surface area contributed by atoms with Gasteiger partial charge in [0.2, 0.25) is 0 Å². The Balaban J connectivity index is 2.84. The number of carbonyl (C=O) groups is 2. The summed E-state index contributed by atoms with van der Waals surface area (Å²) in [4.78, 5) is 24.9. The molecule has 0 fully saturated rings. The van der Waals surface area contributed by atoms with Crippen LogP contribution < -0.4 is 5.32 Å². The fourth-order valence-corrected chi connectivity index (χ4v) is 1.94. The van der Waals surface area contributed by atoms with E-state index in [1.54, 1.807) is 51.1 Å². The molecule has 116 valence electrons. The van der Waals surface area contributed by atoms with Crippen LogP contribution in [0.5, 0.6) is 0 Å². The molecule has 6 heteroatoms. The van der Waals surface area contributed by atoms with Crippen molar-refractivity contribution in [2.24, 2.45) is 0 Å². The van der Waals surface area contributed by atoms with E-state index in [2.05, 4.69) is 5.32 Å². The van der Waals surface area contributed by atoms with Crippen molar-refractivity contribution in [3.63, 3.8) is 0 Å². The normalized spacial score (nSPS) is 12.6. The molecule has 0 radical (unpaired) electrons. The first kappa shape index (κ1) is 17.0. The first-order valence-electron chi connectivity index (χ1n) is 6.80. The van der Waals surface area contributed by atoms with Crippen LogP contribution in [0.4, 0.5) is 4.79 Å². The zero-order chi connectivity index (χ0) is 16.0. The number of hydrogen-bond acceptors (Lipinski definition) is 3. The number of carbonyl (C=O) groups excluding carboxylic acids is 1. The van der Waals surface area contributed by atoms with Gasteiger partial charge < -0.3 is 20.4 Å². The summed E-state index contributed by atoms with van der Waals surface area (Å²) >= 11 is 0. The number of carboxylic acid groups (broad SMARTS) is 1. The van der Waals surface area contributed by atoms with Gasteiger partial charge in [-0.05, 0) is 26.3 Å². The van der Waals surface area contributed by atoms with Crippen molar-refractivity contribution in [1.29, 1.82) is 0 Å². The Morgan fingerprint density at radius 3 is 2.29 bits per heavy atom. The molecule has 0 aromatic heterocycles. The summed E-state index contributed by atoms with van der Waals surface area (Å²) in [7, 11) is 0. The third-order valence-corrected chi connectivity index (χ3v) is 2.89. The van der Waals surface area contributed by atoms with Crippen LogP contribution in [0.25, 0.3) is 0 Å². The molecule has 0 aliphatic rings. The summed E-state index contributed by atoms with van der Waals surface area (Å²) in [6.45, 7) is 5.45. The summed E-state index contributed by atoms with van der Waals surface area (Å²) in [6, 6.07) is 6.86. The lowest BCUT2D eigenvalue weighted by Gasteiger charge is -2.29. The van der Waals surface area contributed by atoms with Gasteiger partial charge in [0.25, 0.3) is 0 Å². The van der Waals surface area contributed by atoms with E-state index in [-0.39, 0.29) is 6.54 Å². The van der Waals surface area contributed by atoms with Crippen LogP contribution in [-0.2, 0) is 4.79 Å². The summed E-state index contributed by atoms with van der Waals surface area (Å²) in [5, 5.41) is 21.6. The molecule has 1 aromatic carbocycles. The van der Waals surface area contributed by atoms with Gasteiger partial charge in [-0.3, -0.25) is 0 Å². The Labute approximate surface area is 124 Å². The summed E-state index contributed by atoms with van der Waals surface area (Å²) in [5.41, 5.74) is -0.545. The zero-order valence-corrected chi connectivity index (χ0v) is 12.5. The highest BCUT2D eigenvalue weighted by Crippen LogP contribution is 2.14. The zero-order valence-electron chi connectivity index (χ0n) is 12.5. The number of rotatable bonds is 6. The average molecular weight is 294 g/mol. The second-order valence-electron chi connectivity index (χ2n) is 5.46. The minimum absolute atomic E-state index is 0.121. The van der Waals surface area contributed by atoms with Crippen molar-refractivity contribution in [1.82, 2.24) is 10.2 Å². The Hall–Kier alpha value is -2.08. The maximum atomic E-state index is 12.2. The quantitative estimate of drug-likeness (QED) is 0.743. The van der Waals surface area contributed by atoms with Crippen molar-refractivity contribution in [2.45, 2.75) is 32.4 Å². The Kier molecular flexibility index (Phi) is 5.72. The number of urea groups is 1. The van der Waals surface area contributed by atoms with Crippen molar-refractivity contribution >= 4 is 12.0 Å². The van der Waals surface area contributed by atoms with Crippen molar-refractivity contribution < 1.29 is 19.8 Å². The lowest BCUT2D eigenvalue weighted by molar-refractivity contribution is -0.139. The van der Waals surface area contributed by atoms with Crippen LogP contribution in [0.15, 0.2) is 30.3 Å². The number of carboxylic acids is 1. The van der Waals surface area contributed by atoms with E-state index < -0.39 is 23.6 Å². The molecule has 0 saturated carbocycles. The second kappa shape index (κ2) is 7.08. The summed E-state index contributed by atoms with van der Waals surface area (Å²) < 4.78 is 0. The van der Waals surface area contributed by atoms with Crippen LogP contribution in [0, 0.1) is 0 Å². The van der Waals surface area contributed by atoms with Gasteiger partial charge in [-0.15, -0.1) is 0 Å². The third-order valence-electron chi connectivity index (χ3n) is 2.89. The van der Waals surface area contributed by atoms with Gasteiger partial charge in [0.1, 0.15) is 0 Å². The van der Waals surface area contributed by atoms with E-state index in [0.717, 1.165) is 0 Å². The lowest BCUT2D eigenvalue weighted by Crippen LogP contribution is -2.48. The Bertz CT molecular complexity index is 482. The molecule has 0 saturated heterocycles. The minimum Gasteiger partial charge on any atom is -0.479 e. The molecule has 0 aliphatic carbocycles. The molecule has 0 bridgehead atoms. The van der Waals surface area contributed by atoms with Crippen LogP contribution in [0.3, 0.4) is 0 Å². The van der Waals surface area contributed by atoms with Gasteiger partial charge in [-0.25, -0.2) is 9.59 Å². The second-order valence-corrected chi connectivity index (χ2v) is 5.46. The Morgan fingerprint density at radius 2 is 1.86 bits per heavy atom. The van der Waals surface area contributed by atoms with Crippen molar-refractivity contribution in [3.8, 4) is 0 Å². The molecular formula is C15H22N2O4. The van der Waals surface area contributed by atoms with Crippen LogP contribution in [0.1, 0.15) is 32.4 Å². The molecule has 0 aliphatic heterocycles. The van der Waals surface area contributed by atoms with E-state index in [1.165, 1.54) is 4.90 Å². The van der Waals surface area contributed by atoms with Crippen LogP contribution >= 0.6 is 0 Å². The monoisotopic (exact) mass is 294 g/mol. The number of aliphatic hydroxyl groups is 1. The number of nitrogens with zero attached hydrogens (tertiary/aromatic N) is 1. The topological polar surface area (TPSA) is 89.9 Å². The fourth-order valence-electron chi connectivity index (χ4n) is 1.94. The molecule has 21 heavy (non-hydrogen) atoms. The summed E-state index contributed by atoms with van der Waals surface area (Å²) in [5.74, 6) is -1.13.